The van der Waals surface area contributed by atoms with Gasteiger partial charge in [-0.2, -0.15) is 0 Å². The zero-order valence-electron chi connectivity index (χ0n) is 21.0. The number of amides is 1. The van der Waals surface area contributed by atoms with Crippen LogP contribution in [0.2, 0.25) is 0 Å². The highest BCUT2D eigenvalue weighted by Crippen LogP contribution is 2.40. The van der Waals surface area contributed by atoms with Crippen molar-refractivity contribution in [1.82, 2.24) is 20.1 Å². The van der Waals surface area contributed by atoms with Crippen LogP contribution in [-0.2, 0) is 6.54 Å². The Morgan fingerprint density at radius 2 is 1.97 bits per heavy atom. The number of aromatic amines is 1. The zero-order valence-corrected chi connectivity index (χ0v) is 21.0. The van der Waals surface area contributed by atoms with E-state index in [2.05, 4.69) is 27.1 Å². The summed E-state index contributed by atoms with van der Waals surface area (Å²) in [6, 6.07) is 10.5. The number of carbonyl (C=O) groups excluding carboxylic acids is 1. The number of carbonyl (C=O) groups is 1. The van der Waals surface area contributed by atoms with Crippen molar-refractivity contribution in [2.75, 3.05) is 45.5 Å². The largest absolute Gasteiger partial charge is 0.397 e. The van der Waals surface area contributed by atoms with Gasteiger partial charge in [-0.3, -0.25) is 14.5 Å². The molecule has 2 fully saturated rings. The number of fused-ring (bicyclic) bond motifs is 1. The minimum atomic E-state index is -0.582. The molecular formula is C28H34FN5O2. The van der Waals surface area contributed by atoms with Gasteiger partial charge in [-0.15, -0.1) is 0 Å². The molecule has 1 atom stereocenters. The second-order valence-corrected chi connectivity index (χ2v) is 10.5. The SMILES string of the molecule is CCCNC(=O)c1c(N)c2cccc(-c3cc(CN4CCC5(CCN(C)C5)C4)ccc3F)c2[nH]c1=O. The minimum Gasteiger partial charge on any atom is -0.397 e. The van der Waals surface area contributed by atoms with Crippen molar-refractivity contribution in [2.45, 2.75) is 32.7 Å². The summed E-state index contributed by atoms with van der Waals surface area (Å²) in [5.74, 6) is -0.876. The van der Waals surface area contributed by atoms with Gasteiger partial charge in [-0.05, 0) is 62.5 Å². The molecule has 0 aliphatic carbocycles. The smallest absolute Gasteiger partial charge is 0.263 e. The van der Waals surface area contributed by atoms with E-state index in [1.54, 1.807) is 18.2 Å². The maximum atomic E-state index is 15.1. The first-order chi connectivity index (χ1) is 17.3. The molecule has 1 amide bonds. The van der Waals surface area contributed by atoms with Gasteiger partial charge in [0, 0.05) is 42.7 Å². The van der Waals surface area contributed by atoms with E-state index in [0.717, 1.165) is 44.7 Å². The first-order valence-corrected chi connectivity index (χ1v) is 12.7. The highest BCUT2D eigenvalue weighted by atomic mass is 19.1. The van der Waals surface area contributed by atoms with Crippen LogP contribution in [0.4, 0.5) is 10.1 Å². The number of para-hydroxylation sites is 1. The summed E-state index contributed by atoms with van der Waals surface area (Å²) in [6.45, 7) is 7.53. The van der Waals surface area contributed by atoms with Gasteiger partial charge >= 0.3 is 0 Å². The number of nitrogens with two attached hydrogens (primary N) is 1. The van der Waals surface area contributed by atoms with Crippen LogP contribution < -0.4 is 16.6 Å². The second-order valence-electron chi connectivity index (χ2n) is 10.5. The molecule has 36 heavy (non-hydrogen) atoms. The van der Waals surface area contributed by atoms with Gasteiger partial charge in [0.05, 0.1) is 11.2 Å². The normalized spacial score (nSPS) is 20.5. The number of anilines is 1. The summed E-state index contributed by atoms with van der Waals surface area (Å²) in [4.78, 5) is 33.1. The van der Waals surface area contributed by atoms with Crippen LogP contribution in [0.1, 0.15) is 42.1 Å². The fourth-order valence-corrected chi connectivity index (χ4v) is 5.91. The number of halogens is 1. The van der Waals surface area contributed by atoms with Gasteiger partial charge < -0.3 is 20.9 Å². The first kappa shape index (κ1) is 24.5. The van der Waals surface area contributed by atoms with Crippen LogP contribution in [0, 0.1) is 11.2 Å². The van der Waals surface area contributed by atoms with Crippen LogP contribution in [-0.4, -0.2) is 60.5 Å². The number of hydrogen-bond donors (Lipinski definition) is 3. The van der Waals surface area contributed by atoms with Gasteiger partial charge in [0.2, 0.25) is 0 Å². The lowest BCUT2D eigenvalue weighted by atomic mass is 9.86. The van der Waals surface area contributed by atoms with Gasteiger partial charge in [0.15, 0.2) is 0 Å². The van der Waals surface area contributed by atoms with Crippen molar-refractivity contribution >= 4 is 22.5 Å². The topological polar surface area (TPSA) is 94.5 Å². The van der Waals surface area contributed by atoms with Gasteiger partial charge in [-0.25, -0.2) is 4.39 Å². The van der Waals surface area contributed by atoms with Crippen molar-refractivity contribution in [2.24, 2.45) is 5.41 Å². The summed E-state index contributed by atoms with van der Waals surface area (Å²) in [6.07, 6.45) is 3.17. The Kier molecular flexibility index (Phi) is 6.57. The van der Waals surface area contributed by atoms with E-state index in [9.17, 15) is 9.59 Å². The molecule has 2 saturated heterocycles. The van der Waals surface area contributed by atoms with E-state index in [4.69, 9.17) is 5.73 Å². The lowest BCUT2D eigenvalue weighted by molar-refractivity contribution is 0.0953. The molecule has 2 aliphatic rings. The van der Waals surface area contributed by atoms with E-state index < -0.39 is 11.5 Å². The standard InChI is InChI=1S/C28H34FN5O2/c1-3-11-31-26(35)23-24(30)20-6-4-5-19(25(20)32-27(23)36)21-14-18(7-8-22(21)29)15-34-13-10-28(17-34)9-12-33(2)16-28/h4-8,14H,3,9-13,15-17H2,1-2H3,(H,31,35)(H3,30,32,36). The quantitative estimate of drug-likeness (QED) is 0.490. The molecular weight excluding hydrogens is 457 g/mol. The van der Waals surface area contributed by atoms with E-state index in [0.29, 0.717) is 34.0 Å². The molecule has 0 bridgehead atoms. The van der Waals surface area contributed by atoms with Crippen molar-refractivity contribution in [3.05, 3.63) is 63.7 Å². The van der Waals surface area contributed by atoms with E-state index in [1.165, 1.54) is 18.9 Å². The molecule has 3 aromatic rings. The van der Waals surface area contributed by atoms with Gasteiger partial charge in [0.25, 0.3) is 11.5 Å². The predicted molar refractivity (Wildman–Crippen MR) is 141 cm³/mol. The Hall–Kier alpha value is -3.23. The van der Waals surface area contributed by atoms with Crippen LogP contribution in [0.5, 0.6) is 0 Å². The average molecular weight is 492 g/mol. The van der Waals surface area contributed by atoms with E-state index >= 15 is 4.39 Å². The van der Waals surface area contributed by atoms with E-state index in [1.807, 2.05) is 19.1 Å². The fraction of sp³-hybridized carbons (Fsp3) is 0.429. The zero-order chi connectivity index (χ0) is 25.4. The number of nitrogen functional groups attached to an aromatic ring is 1. The number of hydrogen-bond acceptors (Lipinski definition) is 5. The summed E-state index contributed by atoms with van der Waals surface area (Å²) in [7, 11) is 2.19. The first-order valence-electron chi connectivity index (χ1n) is 12.7. The third kappa shape index (κ3) is 4.51. The van der Waals surface area contributed by atoms with Gasteiger partial charge in [-0.1, -0.05) is 31.2 Å². The molecule has 0 saturated carbocycles. The molecule has 1 aromatic heterocycles. The van der Waals surface area contributed by atoms with Crippen LogP contribution in [0.15, 0.2) is 41.2 Å². The Labute approximate surface area is 210 Å². The monoisotopic (exact) mass is 491 g/mol. The molecule has 4 N–H and O–H groups in total. The third-order valence-corrected chi connectivity index (χ3v) is 7.73. The number of aromatic nitrogens is 1. The second kappa shape index (κ2) is 9.67. The number of H-pyrrole nitrogens is 1. The fourth-order valence-electron chi connectivity index (χ4n) is 5.91. The average Bonchev–Trinajstić information content (AvgIpc) is 3.42. The molecule has 2 aliphatic heterocycles. The van der Waals surface area contributed by atoms with Crippen LogP contribution >= 0.6 is 0 Å². The molecule has 7 nitrogen and oxygen atoms in total. The number of nitrogens with zero attached hydrogens (tertiary/aromatic N) is 2. The van der Waals surface area contributed by atoms with Crippen molar-refractivity contribution in [3.8, 4) is 11.1 Å². The number of rotatable bonds is 6. The number of pyridine rings is 1. The maximum Gasteiger partial charge on any atom is 0.263 e. The maximum absolute atomic E-state index is 15.1. The lowest BCUT2D eigenvalue weighted by Crippen LogP contribution is -2.31. The molecule has 1 spiro atoms. The third-order valence-electron chi connectivity index (χ3n) is 7.73. The Morgan fingerprint density at radius 3 is 2.72 bits per heavy atom. The predicted octanol–water partition coefficient (Wildman–Crippen LogP) is 3.58. The van der Waals surface area contributed by atoms with Crippen molar-refractivity contribution in [3.63, 3.8) is 0 Å². The Bertz CT molecular complexity index is 1370. The Morgan fingerprint density at radius 1 is 1.17 bits per heavy atom. The Balaban J connectivity index is 1.47. The number of likely N-dealkylation sites (tertiary alicyclic amines) is 2. The van der Waals surface area contributed by atoms with Crippen LogP contribution in [0.3, 0.4) is 0 Å². The molecule has 3 heterocycles. The minimum absolute atomic E-state index is 0.102. The molecule has 5 rings (SSSR count). The highest BCUT2D eigenvalue weighted by Gasteiger charge is 2.42. The molecule has 8 heteroatoms. The lowest BCUT2D eigenvalue weighted by Gasteiger charge is -2.24. The number of nitrogens with one attached hydrogen (secondary N) is 2. The molecule has 2 aromatic carbocycles. The summed E-state index contributed by atoms with van der Waals surface area (Å²) < 4.78 is 15.1. The molecule has 0 radical (unpaired) electrons. The highest BCUT2D eigenvalue weighted by molar-refractivity contribution is 6.08. The summed E-state index contributed by atoms with van der Waals surface area (Å²) in [5, 5.41) is 3.23. The molecule has 1 unspecified atom stereocenters. The van der Waals surface area contributed by atoms with Crippen molar-refractivity contribution < 1.29 is 9.18 Å². The van der Waals surface area contributed by atoms with Gasteiger partial charge in [0.1, 0.15) is 11.4 Å². The molecule has 190 valence electrons. The summed E-state index contributed by atoms with van der Waals surface area (Å²) in [5.41, 5.74) is 8.50. The van der Waals surface area contributed by atoms with E-state index in [-0.39, 0.29) is 17.1 Å². The summed E-state index contributed by atoms with van der Waals surface area (Å²) >= 11 is 0. The van der Waals surface area contributed by atoms with Crippen molar-refractivity contribution in [1.29, 1.82) is 0 Å². The number of benzene rings is 2. The van der Waals surface area contributed by atoms with Crippen LogP contribution in [0.25, 0.3) is 22.0 Å².